The van der Waals surface area contributed by atoms with E-state index in [1.54, 1.807) is 12.1 Å². The van der Waals surface area contributed by atoms with Crippen molar-refractivity contribution in [2.75, 3.05) is 46.4 Å². The second-order valence-corrected chi connectivity index (χ2v) is 9.78. The standard InChI is InChI=1S/C24H37F3N2O3.2ClH/c1-18(2)17-31-21-8-7-19(15-22(21)32-24(25,26)27)20(23(30)9-5-4-6-10-23)16-29-13-11-28(3)12-14-29;;/h7-8,15,18,20,30H,4-6,9-14,16-17H2,1-3H3;2*1H. The lowest BCUT2D eigenvalue weighted by molar-refractivity contribution is -0.275. The molecular formula is C24H39Cl2F3N2O3. The molecule has 0 amide bonds. The molecule has 0 aromatic heterocycles. The molecule has 3 rings (SSSR count). The first kappa shape index (κ1) is 31.1. The van der Waals surface area contributed by atoms with Gasteiger partial charge in [-0.3, -0.25) is 0 Å². The molecule has 198 valence electrons. The minimum atomic E-state index is -4.82. The van der Waals surface area contributed by atoms with Gasteiger partial charge in [-0.1, -0.05) is 39.2 Å². The van der Waals surface area contributed by atoms with E-state index in [2.05, 4.69) is 21.6 Å². The summed E-state index contributed by atoms with van der Waals surface area (Å²) in [6, 6.07) is 4.78. The number of likely N-dealkylation sites (N-methyl/N-ethyl adjacent to an activating group) is 1. The van der Waals surface area contributed by atoms with E-state index < -0.39 is 12.0 Å². The fourth-order valence-corrected chi connectivity index (χ4v) is 4.71. The van der Waals surface area contributed by atoms with Crippen molar-refractivity contribution in [3.05, 3.63) is 23.8 Å². The number of ether oxygens (including phenoxy) is 2. The van der Waals surface area contributed by atoms with E-state index in [0.717, 1.165) is 45.4 Å². The first-order valence-corrected chi connectivity index (χ1v) is 11.7. The molecule has 1 saturated heterocycles. The van der Waals surface area contributed by atoms with Gasteiger partial charge in [-0.15, -0.1) is 38.0 Å². The van der Waals surface area contributed by atoms with Crippen molar-refractivity contribution in [1.29, 1.82) is 0 Å². The molecule has 2 fully saturated rings. The summed E-state index contributed by atoms with van der Waals surface area (Å²) in [6.45, 7) is 8.41. The Morgan fingerprint density at radius 2 is 1.62 bits per heavy atom. The van der Waals surface area contributed by atoms with Crippen molar-refractivity contribution < 1.29 is 27.8 Å². The van der Waals surface area contributed by atoms with Crippen LogP contribution in [-0.2, 0) is 0 Å². The van der Waals surface area contributed by atoms with Crippen LogP contribution in [0.25, 0.3) is 0 Å². The van der Waals surface area contributed by atoms with E-state index in [1.165, 1.54) is 6.07 Å². The van der Waals surface area contributed by atoms with Crippen LogP contribution in [0.1, 0.15) is 57.4 Å². The van der Waals surface area contributed by atoms with Gasteiger partial charge < -0.3 is 24.4 Å². The topological polar surface area (TPSA) is 45.2 Å². The maximum Gasteiger partial charge on any atom is 0.573 e. The average Bonchev–Trinajstić information content (AvgIpc) is 2.71. The minimum absolute atomic E-state index is 0. The Labute approximate surface area is 213 Å². The van der Waals surface area contributed by atoms with Gasteiger partial charge >= 0.3 is 6.36 Å². The molecule has 0 bridgehead atoms. The molecular weight excluding hydrogens is 492 g/mol. The third-order valence-electron chi connectivity index (χ3n) is 6.57. The number of aliphatic hydroxyl groups is 1. The van der Waals surface area contributed by atoms with Crippen molar-refractivity contribution in [3.63, 3.8) is 0 Å². The number of hydrogen-bond donors (Lipinski definition) is 1. The van der Waals surface area contributed by atoms with Gasteiger partial charge in [0.05, 0.1) is 12.2 Å². The molecule has 1 unspecified atom stereocenters. The van der Waals surface area contributed by atoms with E-state index >= 15 is 0 Å². The number of piperazine rings is 1. The zero-order valence-electron chi connectivity index (χ0n) is 20.3. The fourth-order valence-electron chi connectivity index (χ4n) is 4.71. The van der Waals surface area contributed by atoms with Crippen molar-refractivity contribution in [2.45, 2.75) is 63.8 Å². The van der Waals surface area contributed by atoms with Crippen LogP contribution in [0, 0.1) is 5.92 Å². The van der Waals surface area contributed by atoms with Gasteiger partial charge in [-0.25, -0.2) is 0 Å². The van der Waals surface area contributed by atoms with E-state index in [9.17, 15) is 18.3 Å². The first-order chi connectivity index (χ1) is 15.1. The number of alkyl halides is 3. The van der Waals surface area contributed by atoms with Crippen LogP contribution < -0.4 is 9.47 Å². The smallest absolute Gasteiger partial charge is 0.489 e. The van der Waals surface area contributed by atoms with Crippen molar-refractivity contribution in [2.24, 2.45) is 5.92 Å². The molecule has 2 aliphatic rings. The van der Waals surface area contributed by atoms with Gasteiger partial charge in [-0.2, -0.15) is 0 Å². The number of benzene rings is 1. The van der Waals surface area contributed by atoms with Crippen molar-refractivity contribution in [1.82, 2.24) is 9.80 Å². The summed E-state index contributed by atoms with van der Waals surface area (Å²) in [6.07, 6.45) is -0.565. The second-order valence-electron chi connectivity index (χ2n) is 9.78. The monoisotopic (exact) mass is 530 g/mol. The van der Waals surface area contributed by atoms with E-state index in [4.69, 9.17) is 4.74 Å². The normalized spacial score (nSPS) is 20.2. The van der Waals surface area contributed by atoms with E-state index in [-0.39, 0.29) is 48.1 Å². The first-order valence-electron chi connectivity index (χ1n) is 11.7. The molecule has 1 heterocycles. The summed E-state index contributed by atoms with van der Waals surface area (Å²) in [5.74, 6) is -0.380. The quantitative estimate of drug-likeness (QED) is 0.481. The van der Waals surface area contributed by atoms with Crippen LogP contribution in [-0.4, -0.2) is 73.2 Å². The Balaban J connectivity index is 0.00000289. The Morgan fingerprint density at radius 1 is 1.00 bits per heavy atom. The Hall–Kier alpha value is -0.930. The summed E-state index contributed by atoms with van der Waals surface area (Å²) in [5, 5.41) is 11.6. The molecule has 0 radical (unpaired) electrons. The number of rotatable bonds is 8. The highest BCUT2D eigenvalue weighted by Gasteiger charge is 2.41. The zero-order chi connectivity index (χ0) is 23.4. The Kier molecular flexibility index (Phi) is 12.3. The van der Waals surface area contributed by atoms with E-state index in [1.807, 2.05) is 13.8 Å². The predicted octanol–water partition coefficient (Wildman–Crippen LogP) is 5.49. The third-order valence-corrected chi connectivity index (χ3v) is 6.57. The van der Waals surface area contributed by atoms with E-state index in [0.29, 0.717) is 31.6 Å². The van der Waals surface area contributed by atoms with Crippen LogP contribution in [0.3, 0.4) is 0 Å². The molecule has 5 nitrogen and oxygen atoms in total. The van der Waals surface area contributed by atoms with Gasteiger partial charge in [0.2, 0.25) is 0 Å². The van der Waals surface area contributed by atoms with Crippen LogP contribution in [0.2, 0.25) is 0 Å². The van der Waals surface area contributed by atoms with Crippen molar-refractivity contribution >= 4 is 24.8 Å². The highest BCUT2D eigenvalue weighted by Crippen LogP contribution is 2.43. The molecule has 1 N–H and O–H groups in total. The van der Waals surface area contributed by atoms with Crippen LogP contribution in [0.4, 0.5) is 13.2 Å². The van der Waals surface area contributed by atoms with Crippen LogP contribution >= 0.6 is 24.8 Å². The number of nitrogens with zero attached hydrogens (tertiary/aromatic N) is 2. The summed E-state index contributed by atoms with van der Waals surface area (Å²) < 4.78 is 49.4. The SMILES string of the molecule is CC(C)COc1ccc(C(CN2CCN(C)CC2)C2(O)CCCCC2)cc1OC(F)(F)F.Cl.Cl. The minimum Gasteiger partial charge on any atom is -0.489 e. The summed E-state index contributed by atoms with van der Waals surface area (Å²) in [4.78, 5) is 4.57. The lowest BCUT2D eigenvalue weighted by Crippen LogP contribution is -2.50. The maximum absolute atomic E-state index is 13.2. The largest absolute Gasteiger partial charge is 0.573 e. The maximum atomic E-state index is 13.2. The van der Waals surface area contributed by atoms with Gasteiger partial charge in [0, 0.05) is 38.6 Å². The van der Waals surface area contributed by atoms with Crippen LogP contribution in [0.5, 0.6) is 11.5 Å². The second kappa shape index (κ2) is 13.4. The lowest BCUT2D eigenvalue weighted by atomic mass is 9.72. The third kappa shape index (κ3) is 8.94. The Morgan fingerprint density at radius 3 is 2.18 bits per heavy atom. The number of halogens is 5. The van der Waals surface area contributed by atoms with Gasteiger partial charge in [0.1, 0.15) is 0 Å². The fraction of sp³-hybridized carbons (Fsp3) is 0.750. The molecule has 1 aliphatic heterocycles. The highest BCUT2D eigenvalue weighted by atomic mass is 35.5. The van der Waals surface area contributed by atoms with Gasteiger partial charge in [0.15, 0.2) is 11.5 Å². The molecule has 1 aromatic rings. The Bertz CT molecular complexity index is 739. The highest BCUT2D eigenvalue weighted by molar-refractivity contribution is 5.85. The molecule has 10 heteroatoms. The molecule has 34 heavy (non-hydrogen) atoms. The molecule has 1 saturated carbocycles. The summed E-state index contributed by atoms with van der Waals surface area (Å²) >= 11 is 0. The summed E-state index contributed by atoms with van der Waals surface area (Å²) in [7, 11) is 2.08. The number of hydrogen-bond acceptors (Lipinski definition) is 5. The molecule has 1 atom stereocenters. The zero-order valence-corrected chi connectivity index (χ0v) is 21.9. The van der Waals surface area contributed by atoms with Crippen LogP contribution in [0.15, 0.2) is 18.2 Å². The predicted molar refractivity (Wildman–Crippen MR) is 133 cm³/mol. The van der Waals surface area contributed by atoms with Gasteiger partial charge in [-0.05, 0) is 43.5 Å². The van der Waals surface area contributed by atoms with Gasteiger partial charge in [0.25, 0.3) is 0 Å². The molecule has 0 spiro atoms. The summed E-state index contributed by atoms with van der Waals surface area (Å²) in [5.41, 5.74) is -0.262. The lowest BCUT2D eigenvalue weighted by Gasteiger charge is -2.43. The molecule has 1 aromatic carbocycles. The van der Waals surface area contributed by atoms with Crippen molar-refractivity contribution in [3.8, 4) is 11.5 Å². The molecule has 1 aliphatic carbocycles. The average molecular weight is 531 g/mol.